The van der Waals surface area contributed by atoms with Crippen LogP contribution in [0.4, 0.5) is 26.3 Å². The van der Waals surface area contributed by atoms with E-state index in [-0.39, 0.29) is 54.8 Å². The first-order chi connectivity index (χ1) is 18.3. The Morgan fingerprint density at radius 2 is 1.28 bits per heavy atom. The molecule has 2 aliphatic carbocycles. The van der Waals surface area contributed by atoms with Gasteiger partial charge in [-0.25, -0.2) is 0 Å². The van der Waals surface area contributed by atoms with Crippen molar-refractivity contribution in [2.24, 2.45) is 0 Å². The van der Waals surface area contributed by atoms with Crippen molar-refractivity contribution >= 4 is 0 Å². The summed E-state index contributed by atoms with van der Waals surface area (Å²) in [7, 11) is 0. The molecule has 2 aliphatic rings. The summed E-state index contributed by atoms with van der Waals surface area (Å²) in [5.74, 6) is 0. The first kappa shape index (κ1) is 31.0. The number of alkyl halides is 6. The Morgan fingerprint density at radius 1 is 0.821 bits per heavy atom. The van der Waals surface area contributed by atoms with Gasteiger partial charge in [0.05, 0.1) is 16.9 Å². The van der Waals surface area contributed by atoms with Gasteiger partial charge in [0.2, 0.25) is 0 Å². The molecule has 0 radical (unpaired) electrons. The molecule has 0 aromatic heterocycles. The highest BCUT2D eigenvalue weighted by atomic mass is 19.4. The molecular formula is C31H38F6N2. The molecular weight excluding hydrogens is 514 g/mol. The van der Waals surface area contributed by atoms with Gasteiger partial charge >= 0.3 is 12.4 Å². The topological polar surface area (TPSA) is 27.0 Å². The van der Waals surface area contributed by atoms with Crippen LogP contribution in [0.25, 0.3) is 0 Å². The van der Waals surface area contributed by atoms with Gasteiger partial charge in [-0.3, -0.25) is 4.90 Å². The fraction of sp³-hybridized carbons (Fsp3) is 0.581. The summed E-state index contributed by atoms with van der Waals surface area (Å²) in [6.45, 7) is 6.83. The van der Waals surface area contributed by atoms with Crippen LogP contribution in [-0.4, -0.2) is 29.8 Å². The van der Waals surface area contributed by atoms with Crippen LogP contribution < -0.4 is 0 Å². The normalized spacial score (nSPS) is 18.0. The van der Waals surface area contributed by atoms with E-state index in [1.54, 1.807) is 6.07 Å². The fourth-order valence-corrected chi connectivity index (χ4v) is 6.02. The minimum absolute atomic E-state index is 0.0574. The molecule has 0 atom stereocenters. The highest BCUT2D eigenvalue weighted by Crippen LogP contribution is 2.59. The van der Waals surface area contributed by atoms with Crippen molar-refractivity contribution in [3.8, 4) is 6.07 Å². The fourth-order valence-electron chi connectivity index (χ4n) is 6.02. The lowest BCUT2D eigenvalue weighted by molar-refractivity contribution is -0.215. The second kappa shape index (κ2) is 12.3. The molecule has 214 valence electrons. The van der Waals surface area contributed by atoms with E-state index in [0.717, 1.165) is 5.56 Å². The van der Waals surface area contributed by atoms with Gasteiger partial charge in [0, 0.05) is 19.5 Å². The molecule has 0 saturated heterocycles. The molecule has 0 aliphatic heterocycles. The third kappa shape index (κ3) is 6.29. The summed E-state index contributed by atoms with van der Waals surface area (Å²) in [6, 6.07) is 16.2. The maximum absolute atomic E-state index is 14.3. The van der Waals surface area contributed by atoms with E-state index in [2.05, 4.69) is 18.7 Å². The Balaban J connectivity index is 0.00000134. The van der Waals surface area contributed by atoms with E-state index in [1.165, 1.54) is 25.1 Å². The van der Waals surface area contributed by atoms with Crippen molar-refractivity contribution in [2.75, 3.05) is 6.54 Å². The van der Waals surface area contributed by atoms with Crippen molar-refractivity contribution in [3.05, 3.63) is 70.8 Å². The molecule has 2 nitrogen and oxygen atoms in total. The molecule has 0 unspecified atom stereocenters. The first-order valence-corrected chi connectivity index (χ1v) is 13.7. The van der Waals surface area contributed by atoms with Crippen LogP contribution >= 0.6 is 0 Å². The predicted octanol–water partition coefficient (Wildman–Crippen LogP) is 9.03. The van der Waals surface area contributed by atoms with Gasteiger partial charge in [0.1, 0.15) is 0 Å². The van der Waals surface area contributed by atoms with E-state index < -0.39 is 23.2 Å². The number of benzene rings is 2. The zero-order chi connectivity index (χ0) is 28.9. The quantitative estimate of drug-likeness (QED) is 0.290. The number of nitrogens with zero attached hydrogens (tertiary/aromatic N) is 2. The van der Waals surface area contributed by atoms with Gasteiger partial charge in [0.25, 0.3) is 0 Å². The Kier molecular flexibility index (Phi) is 9.80. The van der Waals surface area contributed by atoms with Gasteiger partial charge in [-0.05, 0) is 81.2 Å². The van der Waals surface area contributed by atoms with Crippen molar-refractivity contribution < 1.29 is 26.3 Å². The molecule has 0 N–H and O–H groups in total. The lowest BCUT2D eigenvalue weighted by atomic mass is 9.58. The summed E-state index contributed by atoms with van der Waals surface area (Å²) in [6.07, 6.45) is -7.62. The van der Waals surface area contributed by atoms with Crippen molar-refractivity contribution in [1.82, 2.24) is 4.90 Å². The SMILES string of the molecule is CC#N.CC(C)N(CCCc1c(C2(C(F)(F)F)CCC2)cccc1C1(C(F)(F)F)CCC1)Cc1ccccc1. The van der Waals surface area contributed by atoms with E-state index in [0.29, 0.717) is 32.4 Å². The van der Waals surface area contributed by atoms with E-state index in [9.17, 15) is 26.3 Å². The van der Waals surface area contributed by atoms with Gasteiger partial charge < -0.3 is 0 Å². The lowest BCUT2D eigenvalue weighted by Gasteiger charge is -2.48. The van der Waals surface area contributed by atoms with Crippen LogP contribution in [0.1, 0.15) is 88.0 Å². The maximum atomic E-state index is 14.3. The monoisotopic (exact) mass is 552 g/mol. The highest BCUT2D eigenvalue weighted by Gasteiger charge is 2.63. The highest BCUT2D eigenvalue weighted by molar-refractivity contribution is 5.48. The number of nitriles is 1. The molecule has 0 amide bonds. The second-order valence-electron chi connectivity index (χ2n) is 11.1. The summed E-state index contributed by atoms with van der Waals surface area (Å²) >= 11 is 0. The van der Waals surface area contributed by atoms with E-state index in [1.807, 2.05) is 30.3 Å². The molecule has 2 aromatic carbocycles. The van der Waals surface area contributed by atoms with Crippen molar-refractivity contribution in [2.45, 2.75) is 108 Å². The summed E-state index contributed by atoms with van der Waals surface area (Å²) < 4.78 is 86.1. The van der Waals surface area contributed by atoms with Crippen LogP contribution in [0, 0.1) is 11.3 Å². The van der Waals surface area contributed by atoms with Gasteiger partial charge in [-0.2, -0.15) is 31.6 Å². The Hall–Kier alpha value is -2.53. The molecule has 0 spiro atoms. The number of hydrogen-bond donors (Lipinski definition) is 0. The minimum Gasteiger partial charge on any atom is -0.297 e. The molecule has 2 saturated carbocycles. The van der Waals surface area contributed by atoms with Crippen LogP contribution in [0.5, 0.6) is 0 Å². The predicted molar refractivity (Wildman–Crippen MR) is 141 cm³/mol. The third-order valence-electron chi connectivity index (χ3n) is 8.54. The molecule has 0 bridgehead atoms. The van der Waals surface area contributed by atoms with Crippen LogP contribution in [0.3, 0.4) is 0 Å². The average Bonchev–Trinajstić information content (AvgIpc) is 2.77. The molecule has 2 aromatic rings. The van der Waals surface area contributed by atoms with Gasteiger partial charge in [-0.15, -0.1) is 0 Å². The minimum atomic E-state index is -4.49. The summed E-state index contributed by atoms with van der Waals surface area (Å²) in [4.78, 5) is 2.23. The lowest BCUT2D eigenvalue weighted by Crippen LogP contribution is -2.51. The number of rotatable bonds is 9. The molecule has 8 heteroatoms. The van der Waals surface area contributed by atoms with Crippen molar-refractivity contribution in [1.29, 1.82) is 5.26 Å². The standard InChI is InChI=1S/C29H35F6N.C2H3N/c1-21(2)36(20-22-10-4-3-5-11-22)19-7-12-23-24(26(15-8-16-26)28(30,31)32)13-6-14-25(23)27(17-9-18-27)29(33,34)35;1-2-3/h3-6,10-11,13-14,21H,7-9,12,15-20H2,1-2H3;1H3. The molecule has 2 fully saturated rings. The van der Waals surface area contributed by atoms with Gasteiger partial charge in [0.15, 0.2) is 0 Å². The average molecular weight is 553 g/mol. The van der Waals surface area contributed by atoms with E-state index in [4.69, 9.17) is 5.26 Å². The Morgan fingerprint density at radius 3 is 1.64 bits per heavy atom. The Labute approximate surface area is 228 Å². The first-order valence-electron chi connectivity index (χ1n) is 13.7. The van der Waals surface area contributed by atoms with Crippen LogP contribution in [0.15, 0.2) is 48.5 Å². The maximum Gasteiger partial charge on any atom is 0.398 e. The zero-order valence-electron chi connectivity index (χ0n) is 22.9. The van der Waals surface area contributed by atoms with E-state index >= 15 is 0 Å². The number of halogens is 6. The van der Waals surface area contributed by atoms with Crippen LogP contribution in [-0.2, 0) is 23.8 Å². The molecule has 4 rings (SSSR count). The third-order valence-corrected chi connectivity index (χ3v) is 8.54. The number of hydrogen-bond acceptors (Lipinski definition) is 2. The molecule has 39 heavy (non-hydrogen) atoms. The zero-order valence-corrected chi connectivity index (χ0v) is 22.9. The van der Waals surface area contributed by atoms with Crippen LogP contribution in [0.2, 0.25) is 0 Å². The van der Waals surface area contributed by atoms with Crippen molar-refractivity contribution in [3.63, 3.8) is 0 Å². The largest absolute Gasteiger partial charge is 0.398 e. The summed E-state index contributed by atoms with van der Waals surface area (Å²) in [5.41, 5.74) is -2.49. The van der Waals surface area contributed by atoms with Gasteiger partial charge in [-0.1, -0.05) is 61.4 Å². The molecule has 0 heterocycles. The summed E-state index contributed by atoms with van der Waals surface area (Å²) in [5, 5.41) is 7.32. The smallest absolute Gasteiger partial charge is 0.297 e. The second-order valence-corrected chi connectivity index (χ2v) is 11.1. The Bertz CT molecular complexity index is 1060.